The molecule has 1 saturated carbocycles. The molecule has 0 unspecified atom stereocenters. The largest absolute Gasteiger partial charge is 0.489 e. The lowest BCUT2D eigenvalue weighted by molar-refractivity contribution is -0.0515. The predicted octanol–water partition coefficient (Wildman–Crippen LogP) is 4.91. The Labute approximate surface area is 195 Å². The Morgan fingerprint density at radius 2 is 2.00 bits per heavy atom. The number of carbonyl (C=O) groups excluding carboxylic acids is 1. The monoisotopic (exact) mass is 497 g/mol. The number of hydrogen-bond acceptors (Lipinski definition) is 7. The quantitative estimate of drug-likeness (QED) is 0.303. The van der Waals surface area contributed by atoms with Crippen LogP contribution >= 0.6 is 11.9 Å². The van der Waals surface area contributed by atoms with Gasteiger partial charge in [0.2, 0.25) is 5.89 Å². The van der Waals surface area contributed by atoms with E-state index < -0.39 is 24.2 Å². The molecule has 12 heteroatoms. The second-order valence-corrected chi connectivity index (χ2v) is 8.25. The first-order chi connectivity index (χ1) is 16.3. The summed E-state index contributed by atoms with van der Waals surface area (Å²) >= 11 is 0.637. The van der Waals surface area contributed by atoms with Crippen LogP contribution in [0.25, 0.3) is 11.5 Å². The van der Waals surface area contributed by atoms with E-state index in [0.717, 1.165) is 18.9 Å². The van der Waals surface area contributed by atoms with E-state index in [1.807, 2.05) is 0 Å². The second kappa shape index (κ2) is 10.3. The average molecular weight is 497 g/mol. The molecule has 1 aromatic heterocycles. The Bertz CT molecular complexity index is 1190. The van der Waals surface area contributed by atoms with Gasteiger partial charge in [-0.05, 0) is 61.0 Å². The van der Waals surface area contributed by atoms with E-state index >= 15 is 0 Å². The number of halogens is 4. The van der Waals surface area contributed by atoms with Crippen molar-refractivity contribution in [2.45, 2.75) is 30.9 Å². The molecule has 7 nitrogen and oxygen atoms in total. The summed E-state index contributed by atoms with van der Waals surface area (Å²) in [5.74, 6) is -1.92. The van der Waals surface area contributed by atoms with Crippen LogP contribution < -0.4 is 19.9 Å². The maximum Gasteiger partial charge on any atom is 0.387 e. The van der Waals surface area contributed by atoms with E-state index in [9.17, 15) is 22.4 Å². The van der Waals surface area contributed by atoms with Crippen molar-refractivity contribution in [1.29, 1.82) is 0 Å². The number of aromatic nitrogens is 1. The van der Waals surface area contributed by atoms with Crippen molar-refractivity contribution in [3.8, 4) is 23.0 Å². The van der Waals surface area contributed by atoms with Crippen LogP contribution in [0.1, 0.15) is 29.1 Å². The summed E-state index contributed by atoms with van der Waals surface area (Å²) in [5.41, 5.74) is 5.88. The molecule has 1 aliphatic rings. The van der Waals surface area contributed by atoms with E-state index in [1.54, 1.807) is 0 Å². The molecule has 0 spiro atoms. The Kier molecular flexibility index (Phi) is 7.27. The first kappa shape index (κ1) is 23.9. The summed E-state index contributed by atoms with van der Waals surface area (Å²) in [6.45, 7) is -2.84. The predicted molar refractivity (Wildman–Crippen MR) is 114 cm³/mol. The van der Waals surface area contributed by atoms with Crippen LogP contribution in [0, 0.1) is 17.6 Å². The molecule has 0 bridgehead atoms. The highest BCUT2D eigenvalue weighted by Gasteiger charge is 2.25. The van der Waals surface area contributed by atoms with Crippen molar-refractivity contribution >= 4 is 17.9 Å². The topological polar surface area (TPSA) is 99.6 Å². The van der Waals surface area contributed by atoms with Crippen molar-refractivity contribution in [2.24, 2.45) is 11.7 Å². The highest BCUT2D eigenvalue weighted by Crippen LogP contribution is 2.36. The fourth-order valence-corrected chi connectivity index (χ4v) is 3.53. The fraction of sp³-hybridized carbons (Fsp3) is 0.273. The van der Waals surface area contributed by atoms with E-state index in [2.05, 4.69) is 14.4 Å². The van der Waals surface area contributed by atoms with Gasteiger partial charge in [0.15, 0.2) is 23.0 Å². The molecule has 1 fully saturated rings. The van der Waals surface area contributed by atoms with E-state index in [-0.39, 0.29) is 40.3 Å². The molecule has 1 heterocycles. The minimum Gasteiger partial charge on any atom is -0.489 e. The Morgan fingerprint density at radius 1 is 1.21 bits per heavy atom. The molecular weight excluding hydrogens is 478 g/mol. The molecule has 180 valence electrons. The number of amides is 1. The first-order valence-corrected chi connectivity index (χ1v) is 11.0. The number of ether oxygens (including phenoxy) is 2. The van der Waals surface area contributed by atoms with Gasteiger partial charge in [0.25, 0.3) is 5.91 Å². The fourth-order valence-electron chi connectivity index (χ4n) is 2.94. The van der Waals surface area contributed by atoms with Crippen LogP contribution in [0.5, 0.6) is 11.5 Å². The van der Waals surface area contributed by atoms with Gasteiger partial charge in [0.1, 0.15) is 11.6 Å². The molecule has 0 radical (unpaired) electrons. The van der Waals surface area contributed by atoms with Crippen molar-refractivity contribution in [3.05, 3.63) is 59.5 Å². The smallest absolute Gasteiger partial charge is 0.387 e. The minimum atomic E-state index is -3.03. The summed E-state index contributed by atoms with van der Waals surface area (Å²) in [6, 6.07) is 7.08. The van der Waals surface area contributed by atoms with E-state index in [4.69, 9.17) is 14.9 Å². The summed E-state index contributed by atoms with van der Waals surface area (Å²) in [7, 11) is 0. The number of hydrogen-bond donors (Lipinski definition) is 2. The van der Waals surface area contributed by atoms with Crippen LogP contribution in [0.3, 0.4) is 0 Å². The second-order valence-electron chi connectivity index (χ2n) is 7.40. The average Bonchev–Trinajstić information content (AvgIpc) is 3.53. The van der Waals surface area contributed by atoms with E-state index in [1.165, 1.54) is 24.3 Å². The number of nitrogens with one attached hydrogen (secondary N) is 1. The van der Waals surface area contributed by atoms with Crippen molar-refractivity contribution in [3.63, 3.8) is 0 Å². The normalized spacial score (nSPS) is 13.2. The van der Waals surface area contributed by atoms with Crippen molar-refractivity contribution in [1.82, 2.24) is 9.71 Å². The van der Waals surface area contributed by atoms with Gasteiger partial charge in [-0.25, -0.2) is 13.8 Å². The zero-order valence-corrected chi connectivity index (χ0v) is 18.3. The van der Waals surface area contributed by atoms with Gasteiger partial charge in [0.05, 0.1) is 18.0 Å². The number of alkyl halides is 2. The third-order valence-electron chi connectivity index (χ3n) is 4.82. The zero-order chi connectivity index (χ0) is 24.2. The van der Waals surface area contributed by atoms with Crippen LogP contribution in [0.2, 0.25) is 0 Å². The Balaban J connectivity index is 1.54. The number of carbonyl (C=O) groups is 1. The third-order valence-corrected chi connectivity index (χ3v) is 5.66. The Hall–Kier alpha value is -3.25. The molecule has 3 aromatic rings. The molecule has 0 atom stereocenters. The molecule has 1 amide bonds. The highest BCUT2D eigenvalue weighted by molar-refractivity contribution is 7.98. The van der Waals surface area contributed by atoms with Gasteiger partial charge < -0.3 is 19.6 Å². The number of benzene rings is 2. The minimum absolute atomic E-state index is 0.000149. The summed E-state index contributed by atoms with van der Waals surface area (Å²) < 4.78 is 70.5. The van der Waals surface area contributed by atoms with Crippen LogP contribution in [0.4, 0.5) is 17.6 Å². The van der Waals surface area contributed by atoms with Gasteiger partial charge in [-0.15, -0.1) is 0 Å². The summed E-state index contributed by atoms with van der Waals surface area (Å²) in [4.78, 5) is 16.8. The maximum atomic E-state index is 13.8. The lowest BCUT2D eigenvalue weighted by Gasteiger charge is -2.12. The van der Waals surface area contributed by atoms with Crippen LogP contribution in [-0.2, 0) is 6.54 Å². The van der Waals surface area contributed by atoms with Crippen LogP contribution in [-0.4, -0.2) is 24.1 Å². The molecule has 4 rings (SSSR count). The lowest BCUT2D eigenvalue weighted by atomic mass is 10.2. The van der Waals surface area contributed by atoms with E-state index in [0.29, 0.717) is 36.1 Å². The standard InChI is InChI=1S/C22H19F4N3O4S/c23-13-4-6-18(14(24)8-13)34-29-20(30)19-17(9-27)32-21(28-19)12-3-5-15(33-22(25)26)16(7-12)31-10-11-1-2-11/h3-8,11,22H,1-2,9-10,27H2,(H,29,30). The first-order valence-electron chi connectivity index (χ1n) is 10.2. The van der Waals surface area contributed by atoms with Gasteiger partial charge in [-0.1, -0.05) is 0 Å². The van der Waals surface area contributed by atoms with Gasteiger partial charge in [-0.3, -0.25) is 9.52 Å². The number of rotatable bonds is 10. The summed E-state index contributed by atoms with van der Waals surface area (Å²) in [6.07, 6.45) is 2.01. The van der Waals surface area contributed by atoms with Crippen molar-refractivity contribution in [2.75, 3.05) is 6.61 Å². The molecule has 2 aromatic carbocycles. The molecule has 34 heavy (non-hydrogen) atoms. The molecule has 0 saturated heterocycles. The number of nitrogens with zero attached hydrogens (tertiary/aromatic N) is 1. The van der Waals surface area contributed by atoms with Crippen LogP contribution in [0.15, 0.2) is 45.7 Å². The van der Waals surface area contributed by atoms with Crippen molar-refractivity contribution < 1.29 is 36.2 Å². The Morgan fingerprint density at radius 3 is 2.68 bits per heavy atom. The third kappa shape index (κ3) is 5.81. The SMILES string of the molecule is NCc1oc(-c2ccc(OC(F)F)c(OCC3CC3)c2)nc1C(=O)NSc1ccc(F)cc1F. The molecule has 3 N–H and O–H groups in total. The maximum absolute atomic E-state index is 13.8. The van der Waals surface area contributed by atoms with Gasteiger partial charge >= 0.3 is 6.61 Å². The lowest BCUT2D eigenvalue weighted by Crippen LogP contribution is -2.19. The number of oxazole rings is 1. The molecule has 1 aliphatic carbocycles. The molecule has 0 aliphatic heterocycles. The van der Waals surface area contributed by atoms with Gasteiger partial charge in [-0.2, -0.15) is 8.78 Å². The summed E-state index contributed by atoms with van der Waals surface area (Å²) in [5, 5.41) is 0. The molecular formula is C22H19F4N3O4S. The number of nitrogens with two attached hydrogens (primary N) is 1. The van der Waals surface area contributed by atoms with Gasteiger partial charge in [0, 0.05) is 11.6 Å². The highest BCUT2D eigenvalue weighted by atomic mass is 32.2. The zero-order valence-electron chi connectivity index (χ0n) is 17.5.